The summed E-state index contributed by atoms with van der Waals surface area (Å²) in [5.74, 6) is 1.82. The molecule has 0 unspecified atom stereocenters. The second-order valence-corrected chi connectivity index (χ2v) is 8.72. The molecule has 176 valence electrons. The van der Waals surface area contributed by atoms with Crippen molar-refractivity contribution in [1.82, 2.24) is 29.2 Å². The Hall–Kier alpha value is -3.53. The lowest BCUT2D eigenvalue weighted by atomic mass is 10.2. The Bertz CT molecular complexity index is 1460. The number of rotatable bonds is 9. The van der Waals surface area contributed by atoms with Crippen molar-refractivity contribution in [1.29, 1.82) is 0 Å². The number of nitrogens with zero attached hydrogens (tertiary/aromatic N) is 6. The molecule has 0 aliphatic carbocycles. The van der Waals surface area contributed by atoms with E-state index in [4.69, 9.17) is 16.1 Å². The van der Waals surface area contributed by atoms with Crippen LogP contribution < -0.4 is 11.2 Å². The highest BCUT2D eigenvalue weighted by Crippen LogP contribution is 2.24. The lowest BCUT2D eigenvalue weighted by molar-refractivity contribution is 0.418. The van der Waals surface area contributed by atoms with Gasteiger partial charge in [0.1, 0.15) is 11.0 Å². The number of unbranched alkanes of at least 4 members (excludes halogenated alkanes) is 2. The van der Waals surface area contributed by atoms with E-state index in [9.17, 15) is 9.59 Å². The van der Waals surface area contributed by atoms with Crippen LogP contribution in [0.1, 0.15) is 44.0 Å². The van der Waals surface area contributed by atoms with Gasteiger partial charge in [-0.1, -0.05) is 42.2 Å². The number of hydrogen-bond acceptors (Lipinski definition) is 7. The largest absolute Gasteiger partial charge is 0.334 e. The van der Waals surface area contributed by atoms with Crippen LogP contribution >= 0.6 is 11.6 Å². The minimum Gasteiger partial charge on any atom is -0.334 e. The zero-order chi connectivity index (χ0) is 23.7. The summed E-state index contributed by atoms with van der Waals surface area (Å²) in [5.41, 5.74) is 1.58. The van der Waals surface area contributed by atoms with Gasteiger partial charge in [-0.3, -0.25) is 13.9 Å². The molecule has 0 bridgehead atoms. The van der Waals surface area contributed by atoms with Crippen LogP contribution in [-0.2, 0) is 25.9 Å². The number of fused-ring (bicyclic) bond motifs is 2. The second kappa shape index (κ2) is 9.38. The molecule has 10 nitrogen and oxygen atoms in total. The Balaban J connectivity index is 1.26. The Morgan fingerprint density at radius 3 is 2.74 bits per heavy atom. The summed E-state index contributed by atoms with van der Waals surface area (Å²) in [6.07, 6.45) is 3.89. The minimum atomic E-state index is -0.334. The third kappa shape index (κ3) is 4.21. The average Bonchev–Trinajstić information content (AvgIpc) is 3.56. The zero-order valence-corrected chi connectivity index (χ0v) is 19.5. The van der Waals surface area contributed by atoms with E-state index in [-0.39, 0.29) is 17.7 Å². The number of para-hydroxylation sites is 2. The van der Waals surface area contributed by atoms with Crippen LogP contribution in [0.5, 0.6) is 0 Å². The molecule has 1 aromatic carbocycles. The number of benzene rings is 1. The van der Waals surface area contributed by atoms with Crippen LogP contribution in [0.3, 0.4) is 0 Å². The van der Waals surface area contributed by atoms with Crippen molar-refractivity contribution in [2.45, 2.75) is 58.5 Å². The van der Waals surface area contributed by atoms with E-state index in [1.54, 1.807) is 4.57 Å². The van der Waals surface area contributed by atoms with Crippen LogP contribution in [0.2, 0.25) is 0 Å². The summed E-state index contributed by atoms with van der Waals surface area (Å²) in [4.78, 5) is 42.2. The smallest absolute Gasteiger partial charge is 0.332 e. The highest BCUT2D eigenvalue weighted by molar-refractivity contribution is 6.66. The molecular weight excluding hydrogens is 458 g/mol. The number of aromatic amines is 1. The van der Waals surface area contributed by atoms with Gasteiger partial charge < -0.3 is 9.51 Å². The number of aliphatic imine (C=N–C) groups is 1. The van der Waals surface area contributed by atoms with Gasteiger partial charge in [-0.05, 0) is 31.4 Å². The first-order chi connectivity index (χ1) is 16.5. The predicted octanol–water partition coefficient (Wildman–Crippen LogP) is 3.58. The van der Waals surface area contributed by atoms with Gasteiger partial charge >= 0.3 is 5.69 Å². The topological polar surface area (TPSA) is 124 Å². The van der Waals surface area contributed by atoms with E-state index < -0.39 is 0 Å². The monoisotopic (exact) mass is 481 g/mol. The Morgan fingerprint density at radius 2 is 1.91 bits per heavy atom. The van der Waals surface area contributed by atoms with Crippen molar-refractivity contribution in [3.8, 4) is 11.7 Å². The average molecular weight is 482 g/mol. The van der Waals surface area contributed by atoms with Crippen LogP contribution in [-0.4, -0.2) is 34.4 Å². The SMILES string of the molecule is CCCCn1c2c(c(=O)n(CCCCc3noc(-c4nc5ccccc5[nH]4)n3)c1=O)CC(Cl)=N2. The molecule has 1 aliphatic heterocycles. The number of imidazole rings is 1. The first-order valence-corrected chi connectivity index (χ1v) is 11.8. The van der Waals surface area contributed by atoms with Gasteiger partial charge in [-0.2, -0.15) is 4.98 Å². The molecule has 0 saturated carbocycles. The van der Waals surface area contributed by atoms with E-state index >= 15 is 0 Å². The van der Waals surface area contributed by atoms with Gasteiger partial charge in [0.15, 0.2) is 11.6 Å². The fourth-order valence-electron chi connectivity index (χ4n) is 4.10. The second-order valence-electron chi connectivity index (χ2n) is 8.29. The van der Waals surface area contributed by atoms with Crippen LogP contribution in [0.25, 0.3) is 22.7 Å². The Labute approximate surface area is 199 Å². The predicted molar refractivity (Wildman–Crippen MR) is 129 cm³/mol. The molecule has 1 aliphatic rings. The maximum absolute atomic E-state index is 13.0. The Morgan fingerprint density at radius 1 is 1.09 bits per heavy atom. The number of H-pyrrole nitrogens is 1. The molecule has 5 rings (SSSR count). The quantitative estimate of drug-likeness (QED) is 0.364. The third-order valence-corrected chi connectivity index (χ3v) is 6.09. The lowest BCUT2D eigenvalue weighted by Gasteiger charge is -2.13. The van der Waals surface area contributed by atoms with Crippen molar-refractivity contribution in [2.24, 2.45) is 4.99 Å². The van der Waals surface area contributed by atoms with Crippen molar-refractivity contribution in [2.75, 3.05) is 0 Å². The van der Waals surface area contributed by atoms with Gasteiger partial charge in [-0.15, -0.1) is 0 Å². The summed E-state index contributed by atoms with van der Waals surface area (Å²) < 4.78 is 8.24. The van der Waals surface area contributed by atoms with Gasteiger partial charge in [0, 0.05) is 25.9 Å². The molecule has 0 saturated heterocycles. The summed E-state index contributed by atoms with van der Waals surface area (Å²) in [5, 5.41) is 4.38. The number of aromatic nitrogens is 6. The van der Waals surface area contributed by atoms with E-state index in [1.165, 1.54) is 4.57 Å². The Kier molecular flexibility index (Phi) is 6.14. The summed E-state index contributed by atoms with van der Waals surface area (Å²) in [6, 6.07) is 7.68. The van der Waals surface area contributed by atoms with Crippen molar-refractivity contribution < 1.29 is 4.52 Å². The number of hydrogen-bond donors (Lipinski definition) is 1. The number of halogens is 1. The van der Waals surface area contributed by atoms with E-state index in [0.717, 1.165) is 23.9 Å². The highest BCUT2D eigenvalue weighted by Gasteiger charge is 2.24. The lowest BCUT2D eigenvalue weighted by Crippen LogP contribution is -2.41. The maximum atomic E-state index is 13.0. The maximum Gasteiger partial charge on any atom is 0.332 e. The van der Waals surface area contributed by atoms with Crippen molar-refractivity contribution in [3.63, 3.8) is 0 Å². The number of nitrogens with one attached hydrogen (secondary N) is 1. The summed E-state index contributed by atoms with van der Waals surface area (Å²) in [7, 11) is 0. The van der Waals surface area contributed by atoms with Gasteiger partial charge in [0.2, 0.25) is 0 Å². The zero-order valence-electron chi connectivity index (χ0n) is 18.8. The fraction of sp³-hybridized carbons (Fsp3) is 0.391. The van der Waals surface area contributed by atoms with Crippen LogP contribution in [0, 0.1) is 0 Å². The summed E-state index contributed by atoms with van der Waals surface area (Å²) >= 11 is 6.08. The molecule has 0 atom stereocenters. The minimum absolute atomic E-state index is 0.273. The fourth-order valence-corrected chi connectivity index (χ4v) is 4.31. The van der Waals surface area contributed by atoms with Crippen molar-refractivity contribution >= 4 is 33.6 Å². The third-order valence-electron chi connectivity index (χ3n) is 5.87. The molecule has 4 aromatic rings. The molecule has 11 heteroatoms. The highest BCUT2D eigenvalue weighted by atomic mass is 35.5. The van der Waals surface area contributed by atoms with E-state index in [0.29, 0.717) is 66.4 Å². The van der Waals surface area contributed by atoms with Gasteiger partial charge in [0.05, 0.1) is 16.6 Å². The molecular formula is C23H24ClN7O3. The van der Waals surface area contributed by atoms with Gasteiger partial charge in [0.25, 0.3) is 11.4 Å². The van der Waals surface area contributed by atoms with Crippen LogP contribution in [0.4, 0.5) is 5.82 Å². The van der Waals surface area contributed by atoms with E-state index in [1.807, 2.05) is 24.3 Å². The molecule has 34 heavy (non-hydrogen) atoms. The molecule has 4 heterocycles. The normalized spacial score (nSPS) is 12.9. The van der Waals surface area contributed by atoms with Gasteiger partial charge in [-0.25, -0.2) is 14.8 Å². The molecule has 0 radical (unpaired) electrons. The molecule has 3 aromatic heterocycles. The molecule has 0 spiro atoms. The van der Waals surface area contributed by atoms with E-state index in [2.05, 4.69) is 32.0 Å². The molecule has 1 N–H and O–H groups in total. The van der Waals surface area contributed by atoms with Crippen LogP contribution in [0.15, 0.2) is 43.4 Å². The first kappa shape index (κ1) is 22.3. The molecule has 0 fully saturated rings. The standard InChI is InChI=1S/C23H24ClN7O3/c1-2-3-11-30-20-14(13-17(24)27-20)22(32)31(23(30)33)12-7-6-10-18-28-21(34-29-18)19-25-15-8-4-5-9-16(15)26-19/h4-5,8-9H,2-3,6-7,10-13H2,1H3,(H,25,26). The molecule has 0 amide bonds. The summed E-state index contributed by atoms with van der Waals surface area (Å²) in [6.45, 7) is 2.87. The van der Waals surface area contributed by atoms with Crippen molar-refractivity contribution in [3.05, 3.63) is 56.5 Å². The first-order valence-electron chi connectivity index (χ1n) is 11.4. The number of aryl methyl sites for hydroxylation is 1.